The van der Waals surface area contributed by atoms with E-state index in [-0.39, 0.29) is 45.3 Å². The van der Waals surface area contributed by atoms with Crippen LogP contribution in [-0.4, -0.2) is 86.1 Å². The van der Waals surface area contributed by atoms with E-state index in [0.29, 0.717) is 0 Å². The highest BCUT2D eigenvalue weighted by Crippen LogP contribution is 2.45. The Morgan fingerprint density at radius 3 is 2.35 bits per heavy atom. The van der Waals surface area contributed by atoms with E-state index in [9.17, 15) is 40.5 Å². The van der Waals surface area contributed by atoms with Crippen LogP contribution in [-0.2, 0) is 14.3 Å². The van der Waals surface area contributed by atoms with E-state index in [1.165, 1.54) is 25.3 Å². The van der Waals surface area contributed by atoms with Crippen LogP contribution in [0.1, 0.15) is 6.92 Å². The fourth-order valence-corrected chi connectivity index (χ4v) is 3.83. The number of benzene rings is 2. The number of carbonyl (C=O) groups is 1. The predicted molar refractivity (Wildman–Crippen MR) is 123 cm³/mol. The first kappa shape index (κ1) is 26.0. The molecule has 5 atom stereocenters. The molecule has 198 valence electrons. The van der Waals surface area contributed by atoms with Crippen LogP contribution in [0.3, 0.4) is 0 Å². The van der Waals surface area contributed by atoms with Crippen LogP contribution in [0.25, 0.3) is 22.3 Å². The van der Waals surface area contributed by atoms with Gasteiger partial charge in [-0.3, -0.25) is 4.79 Å². The Bertz CT molecular complexity index is 1320. The minimum atomic E-state index is -1.77. The first-order valence-electron chi connectivity index (χ1n) is 10.9. The molecule has 4 rings (SSSR count). The van der Waals surface area contributed by atoms with Crippen molar-refractivity contribution < 1.29 is 63.9 Å². The summed E-state index contributed by atoms with van der Waals surface area (Å²) in [6, 6.07) is 5.97. The summed E-state index contributed by atoms with van der Waals surface area (Å²) < 4.78 is 27.1. The smallest absolute Gasteiger partial charge is 0.402 e. The Balaban J connectivity index is 1.82. The number of aromatic hydroxyl groups is 4. The minimum Gasteiger partial charge on any atom is -0.507 e. The number of hydrogen-bond acceptors (Lipinski definition) is 12. The summed E-state index contributed by atoms with van der Waals surface area (Å²) in [7, 11) is 1.26. The van der Waals surface area contributed by atoms with E-state index in [1.807, 2.05) is 0 Å². The fourth-order valence-electron chi connectivity index (χ4n) is 3.83. The Kier molecular flexibility index (Phi) is 7.14. The summed E-state index contributed by atoms with van der Waals surface area (Å²) >= 11 is 0. The molecule has 5 unspecified atom stereocenters. The molecule has 1 aliphatic heterocycles. The van der Waals surface area contributed by atoms with Crippen LogP contribution in [0.5, 0.6) is 34.5 Å². The fraction of sp³-hybridized carbons (Fsp3) is 0.333. The summed E-state index contributed by atoms with van der Waals surface area (Å²) in [6.45, 7) is 0.696. The molecule has 0 spiro atoms. The van der Waals surface area contributed by atoms with Gasteiger partial charge in [0.1, 0.15) is 47.9 Å². The van der Waals surface area contributed by atoms with E-state index in [2.05, 4.69) is 0 Å². The number of carbonyl (C=O) groups excluding carboxylic acids is 1. The molecule has 1 saturated heterocycles. The van der Waals surface area contributed by atoms with Gasteiger partial charge in [-0.1, -0.05) is 0 Å². The molecule has 3 aromatic rings. The molecule has 37 heavy (non-hydrogen) atoms. The van der Waals surface area contributed by atoms with Crippen molar-refractivity contribution in [1.29, 1.82) is 0 Å². The van der Waals surface area contributed by atoms with Crippen molar-refractivity contribution in [3.8, 4) is 45.8 Å². The summed E-state index contributed by atoms with van der Waals surface area (Å²) in [5.41, 5.74) is 0.105. The van der Waals surface area contributed by atoms with Crippen molar-refractivity contribution in [2.45, 2.75) is 37.6 Å². The summed E-state index contributed by atoms with van der Waals surface area (Å²) in [6.07, 6.45) is -8.03. The molecule has 2 heterocycles. The third kappa shape index (κ3) is 5.11. The summed E-state index contributed by atoms with van der Waals surface area (Å²) in [4.78, 5) is 11.2. The van der Waals surface area contributed by atoms with Gasteiger partial charge in [0, 0.05) is 31.2 Å². The average Bonchev–Trinajstić information content (AvgIpc) is 2.85. The van der Waals surface area contributed by atoms with Crippen LogP contribution in [0.4, 0.5) is 0 Å². The Morgan fingerprint density at radius 2 is 1.68 bits per heavy atom. The quantitative estimate of drug-likeness (QED) is 0.137. The van der Waals surface area contributed by atoms with Gasteiger partial charge in [0.05, 0.1) is 18.7 Å². The number of aliphatic hydroxyl groups is 3. The van der Waals surface area contributed by atoms with E-state index >= 15 is 0 Å². The average molecular weight is 521 g/mol. The number of esters is 1. The van der Waals surface area contributed by atoms with Crippen LogP contribution < -0.4 is 9.47 Å². The van der Waals surface area contributed by atoms with Crippen molar-refractivity contribution in [1.82, 2.24) is 0 Å². The molecular formula is C24H25O13+. The standard InChI is InChI=1S/C24H24O13/c1-9(25)34-8-18-20(30)21(31)22(32)24(37-18)36-17-7-12-13(27)5-11(26)6-15(12)35-23(17)10-3-14(28)19(29)16(4-10)33-2/h3-7,18,20-22,24,30-32H,8H2,1-2H3,(H3-,26,27,28,29)/p+1. The second-order valence-corrected chi connectivity index (χ2v) is 8.30. The molecule has 0 saturated carbocycles. The van der Waals surface area contributed by atoms with Crippen LogP contribution in [0, 0.1) is 0 Å². The van der Waals surface area contributed by atoms with E-state index < -0.39 is 54.8 Å². The second kappa shape index (κ2) is 10.1. The van der Waals surface area contributed by atoms with Gasteiger partial charge in [0.15, 0.2) is 11.5 Å². The predicted octanol–water partition coefficient (Wildman–Crippen LogP) is 0.961. The van der Waals surface area contributed by atoms with E-state index in [4.69, 9.17) is 23.4 Å². The minimum absolute atomic E-state index is 0.000292. The molecule has 13 heteroatoms. The van der Waals surface area contributed by atoms with Gasteiger partial charge in [-0.25, -0.2) is 4.42 Å². The normalized spacial score (nSPS) is 23.5. The molecule has 1 aromatic heterocycles. The van der Waals surface area contributed by atoms with Crippen molar-refractivity contribution >= 4 is 16.9 Å². The highest BCUT2D eigenvalue weighted by molar-refractivity contribution is 5.88. The molecule has 0 aliphatic carbocycles. The number of fused-ring (bicyclic) bond motifs is 1. The van der Waals surface area contributed by atoms with E-state index in [1.54, 1.807) is 0 Å². The van der Waals surface area contributed by atoms with E-state index in [0.717, 1.165) is 19.1 Å². The zero-order chi connectivity index (χ0) is 27.0. The molecule has 0 bridgehead atoms. The molecule has 13 nitrogen and oxygen atoms in total. The SMILES string of the molecule is COc1cc(-c2[o+]c3cc(O)cc(O)c3cc2OC2OC(COC(C)=O)C(O)C(O)C2O)cc(O)c1O. The largest absolute Gasteiger partial charge is 0.507 e. The Hall–Kier alpha value is -4.04. The molecule has 1 aliphatic rings. The topological polar surface area (TPSA) is 207 Å². The number of methoxy groups -OCH3 is 1. The van der Waals surface area contributed by atoms with Crippen LogP contribution >= 0.6 is 0 Å². The lowest BCUT2D eigenvalue weighted by Gasteiger charge is -2.39. The lowest BCUT2D eigenvalue weighted by atomic mass is 9.99. The number of rotatable bonds is 6. The van der Waals surface area contributed by atoms with Gasteiger partial charge in [-0.2, -0.15) is 0 Å². The number of aliphatic hydroxyl groups excluding tert-OH is 3. The molecule has 0 radical (unpaired) electrons. The molecule has 1 fully saturated rings. The van der Waals surface area contributed by atoms with Crippen molar-refractivity contribution in [3.63, 3.8) is 0 Å². The molecule has 2 aromatic carbocycles. The van der Waals surface area contributed by atoms with Gasteiger partial charge in [0.2, 0.25) is 17.8 Å². The monoisotopic (exact) mass is 521 g/mol. The number of phenols is 4. The molecule has 7 N–H and O–H groups in total. The Morgan fingerprint density at radius 1 is 0.946 bits per heavy atom. The summed E-state index contributed by atoms with van der Waals surface area (Å²) in [5, 5.41) is 71.6. The number of hydrogen-bond donors (Lipinski definition) is 7. The van der Waals surface area contributed by atoms with Crippen molar-refractivity contribution in [2.24, 2.45) is 0 Å². The van der Waals surface area contributed by atoms with Gasteiger partial charge >= 0.3 is 17.3 Å². The number of phenolic OH excluding ortho intramolecular Hbond substituents is 4. The highest BCUT2D eigenvalue weighted by Gasteiger charge is 2.46. The summed E-state index contributed by atoms with van der Waals surface area (Å²) in [5.74, 6) is -2.89. The maximum atomic E-state index is 11.2. The highest BCUT2D eigenvalue weighted by atomic mass is 16.7. The lowest BCUT2D eigenvalue weighted by Crippen LogP contribution is -2.60. The zero-order valence-electron chi connectivity index (χ0n) is 19.6. The first-order chi connectivity index (χ1) is 17.5. The van der Waals surface area contributed by atoms with Crippen molar-refractivity contribution in [2.75, 3.05) is 13.7 Å². The zero-order valence-corrected chi connectivity index (χ0v) is 19.6. The van der Waals surface area contributed by atoms with Gasteiger partial charge < -0.3 is 54.7 Å². The first-order valence-corrected chi connectivity index (χ1v) is 10.9. The van der Waals surface area contributed by atoms with Crippen LogP contribution in [0.15, 0.2) is 34.7 Å². The third-order valence-electron chi connectivity index (χ3n) is 5.72. The maximum Gasteiger partial charge on any atom is 0.402 e. The van der Waals surface area contributed by atoms with Crippen molar-refractivity contribution in [3.05, 3.63) is 30.3 Å². The van der Waals surface area contributed by atoms with Crippen LogP contribution in [0.2, 0.25) is 0 Å². The Labute approximate surface area is 208 Å². The van der Waals surface area contributed by atoms with Gasteiger partial charge in [-0.05, 0) is 0 Å². The molecular weight excluding hydrogens is 496 g/mol. The third-order valence-corrected chi connectivity index (χ3v) is 5.72. The maximum absolute atomic E-state index is 11.2. The van der Waals surface area contributed by atoms with Gasteiger partial charge in [-0.15, -0.1) is 0 Å². The number of ether oxygens (including phenoxy) is 4. The lowest BCUT2D eigenvalue weighted by molar-refractivity contribution is -0.278. The second-order valence-electron chi connectivity index (χ2n) is 8.30. The van der Waals surface area contributed by atoms with Gasteiger partial charge in [0.25, 0.3) is 0 Å². The molecule has 0 amide bonds.